The van der Waals surface area contributed by atoms with E-state index < -0.39 is 0 Å². The van der Waals surface area contributed by atoms with Crippen LogP contribution in [0.1, 0.15) is 44.6 Å². The maximum atomic E-state index is 9.51. The van der Waals surface area contributed by atoms with Crippen molar-refractivity contribution in [3.8, 4) is 0 Å². The van der Waals surface area contributed by atoms with E-state index in [0.29, 0.717) is 11.8 Å². The lowest BCUT2D eigenvalue weighted by molar-refractivity contribution is 0.213. The van der Waals surface area contributed by atoms with Gasteiger partial charge in [-0.2, -0.15) is 0 Å². The van der Waals surface area contributed by atoms with E-state index in [0.717, 1.165) is 45.0 Å². The summed E-state index contributed by atoms with van der Waals surface area (Å²) in [5, 5.41) is 13.0. The molecule has 2 N–H and O–H groups in total. The van der Waals surface area contributed by atoms with Crippen molar-refractivity contribution in [1.82, 2.24) is 10.2 Å². The van der Waals surface area contributed by atoms with E-state index in [-0.39, 0.29) is 12.0 Å². The molecule has 2 aliphatic rings. The zero-order valence-electron chi connectivity index (χ0n) is 15.0. The van der Waals surface area contributed by atoms with E-state index in [2.05, 4.69) is 54.4 Å². The zero-order chi connectivity index (χ0) is 17.0. The van der Waals surface area contributed by atoms with Gasteiger partial charge >= 0.3 is 0 Å². The first-order valence-corrected chi connectivity index (χ1v) is 9.36. The molecule has 0 radical (unpaired) electrons. The second-order valence-corrected chi connectivity index (χ2v) is 7.56. The standard InChI is InChI=1S/C20H31N3O/c1-3-21-19(22-14-20(15-24)10-11-20)23-12-9-18(16(2)13-23)17-7-5-4-6-8-17/h4-8,16,18,24H,3,9-15H2,1-2H3,(H,21,22). The number of piperidine rings is 1. The van der Waals surface area contributed by atoms with Gasteiger partial charge in [0.25, 0.3) is 0 Å². The fraction of sp³-hybridized carbons (Fsp3) is 0.650. The Bertz CT molecular complexity index is 553. The third-order valence-corrected chi connectivity index (χ3v) is 5.62. The van der Waals surface area contributed by atoms with Gasteiger partial charge in [-0.05, 0) is 43.6 Å². The van der Waals surface area contributed by atoms with Crippen LogP contribution in [0.25, 0.3) is 0 Å². The molecule has 2 fully saturated rings. The number of aliphatic hydroxyl groups is 1. The summed E-state index contributed by atoms with van der Waals surface area (Å²) in [5.41, 5.74) is 1.54. The van der Waals surface area contributed by atoms with Gasteiger partial charge in [0.15, 0.2) is 5.96 Å². The van der Waals surface area contributed by atoms with E-state index in [1.54, 1.807) is 0 Å². The Labute approximate surface area is 146 Å². The molecule has 24 heavy (non-hydrogen) atoms. The molecule has 4 heteroatoms. The fourth-order valence-electron chi connectivity index (χ4n) is 3.74. The van der Waals surface area contributed by atoms with Crippen molar-refractivity contribution in [2.24, 2.45) is 16.3 Å². The number of likely N-dealkylation sites (tertiary alicyclic amines) is 1. The monoisotopic (exact) mass is 329 g/mol. The second kappa shape index (κ2) is 7.56. The van der Waals surface area contributed by atoms with Crippen LogP contribution >= 0.6 is 0 Å². The number of aliphatic hydroxyl groups excluding tert-OH is 1. The second-order valence-electron chi connectivity index (χ2n) is 7.56. The average molecular weight is 329 g/mol. The van der Waals surface area contributed by atoms with Gasteiger partial charge in [-0.15, -0.1) is 0 Å². The maximum Gasteiger partial charge on any atom is 0.193 e. The molecule has 1 aromatic carbocycles. The van der Waals surface area contributed by atoms with Crippen LogP contribution in [-0.4, -0.2) is 48.8 Å². The summed E-state index contributed by atoms with van der Waals surface area (Å²) in [6, 6.07) is 10.9. The summed E-state index contributed by atoms with van der Waals surface area (Å²) in [5.74, 6) is 2.27. The summed E-state index contributed by atoms with van der Waals surface area (Å²) in [4.78, 5) is 7.25. The van der Waals surface area contributed by atoms with Gasteiger partial charge in [-0.1, -0.05) is 37.3 Å². The van der Waals surface area contributed by atoms with E-state index in [1.807, 2.05) is 0 Å². The first-order chi connectivity index (χ1) is 11.7. The van der Waals surface area contributed by atoms with Crippen molar-refractivity contribution in [2.45, 2.75) is 39.0 Å². The van der Waals surface area contributed by atoms with Crippen LogP contribution in [0.2, 0.25) is 0 Å². The number of benzene rings is 1. The van der Waals surface area contributed by atoms with E-state index in [9.17, 15) is 5.11 Å². The first-order valence-electron chi connectivity index (χ1n) is 9.36. The van der Waals surface area contributed by atoms with E-state index in [1.165, 1.54) is 12.0 Å². The van der Waals surface area contributed by atoms with Gasteiger partial charge < -0.3 is 15.3 Å². The molecule has 1 aliphatic carbocycles. The van der Waals surface area contributed by atoms with Crippen molar-refractivity contribution in [1.29, 1.82) is 0 Å². The van der Waals surface area contributed by atoms with E-state index in [4.69, 9.17) is 4.99 Å². The molecule has 0 amide bonds. The molecule has 132 valence electrons. The number of guanidine groups is 1. The number of aliphatic imine (C=N–C) groups is 1. The number of nitrogens with one attached hydrogen (secondary N) is 1. The minimum atomic E-state index is 0.0780. The molecular formula is C20H31N3O. The minimum Gasteiger partial charge on any atom is -0.396 e. The zero-order valence-corrected chi connectivity index (χ0v) is 15.0. The van der Waals surface area contributed by atoms with Crippen LogP contribution in [0.4, 0.5) is 0 Å². The van der Waals surface area contributed by atoms with Gasteiger partial charge in [0.1, 0.15) is 0 Å². The molecule has 1 aromatic rings. The highest BCUT2D eigenvalue weighted by molar-refractivity contribution is 5.80. The summed E-state index contributed by atoms with van der Waals surface area (Å²) in [6.45, 7) is 8.46. The van der Waals surface area contributed by atoms with Crippen molar-refractivity contribution in [2.75, 3.05) is 32.8 Å². The molecule has 1 heterocycles. The predicted molar refractivity (Wildman–Crippen MR) is 99.3 cm³/mol. The van der Waals surface area contributed by atoms with Gasteiger partial charge in [-0.3, -0.25) is 4.99 Å². The Morgan fingerprint density at radius 3 is 2.67 bits per heavy atom. The number of nitrogens with zero attached hydrogens (tertiary/aromatic N) is 2. The highest BCUT2D eigenvalue weighted by Gasteiger charge is 2.42. The summed E-state index contributed by atoms with van der Waals surface area (Å²) in [6.07, 6.45) is 3.39. The van der Waals surface area contributed by atoms with Crippen molar-refractivity contribution < 1.29 is 5.11 Å². The Balaban J connectivity index is 1.64. The largest absolute Gasteiger partial charge is 0.396 e. The third kappa shape index (κ3) is 3.92. The molecule has 1 aliphatic heterocycles. The number of hydrogen-bond donors (Lipinski definition) is 2. The lowest BCUT2D eigenvalue weighted by atomic mass is 9.82. The normalized spacial score (nSPS) is 26.3. The number of rotatable bonds is 5. The van der Waals surface area contributed by atoms with Crippen LogP contribution in [0.15, 0.2) is 35.3 Å². The lowest BCUT2D eigenvalue weighted by Crippen LogP contribution is -2.48. The maximum absolute atomic E-state index is 9.51. The smallest absolute Gasteiger partial charge is 0.193 e. The average Bonchev–Trinajstić information content (AvgIpc) is 3.40. The molecule has 2 atom stereocenters. The fourth-order valence-corrected chi connectivity index (χ4v) is 3.74. The van der Waals surface area contributed by atoms with Crippen molar-refractivity contribution >= 4 is 5.96 Å². The topological polar surface area (TPSA) is 47.9 Å². The summed E-state index contributed by atoms with van der Waals surface area (Å²) in [7, 11) is 0. The molecule has 1 saturated heterocycles. The molecular weight excluding hydrogens is 298 g/mol. The van der Waals surface area contributed by atoms with Crippen LogP contribution in [0.5, 0.6) is 0 Å². The van der Waals surface area contributed by atoms with Gasteiger partial charge in [0.2, 0.25) is 0 Å². The highest BCUT2D eigenvalue weighted by Crippen LogP contribution is 2.45. The van der Waals surface area contributed by atoms with Crippen molar-refractivity contribution in [3.63, 3.8) is 0 Å². The highest BCUT2D eigenvalue weighted by atomic mass is 16.3. The summed E-state index contributed by atoms with van der Waals surface area (Å²) < 4.78 is 0. The quantitative estimate of drug-likeness (QED) is 0.645. The SMILES string of the molecule is CCNC(=NCC1(CO)CC1)N1CCC(c2ccccc2)C(C)C1. The first kappa shape index (κ1) is 17.3. The molecule has 0 bridgehead atoms. The Kier molecular flexibility index (Phi) is 5.44. The predicted octanol–water partition coefficient (Wildman–Crippen LogP) is 2.85. The Morgan fingerprint density at radius 2 is 2.08 bits per heavy atom. The van der Waals surface area contributed by atoms with Gasteiger partial charge in [0.05, 0.1) is 13.2 Å². The molecule has 0 spiro atoms. The molecule has 1 saturated carbocycles. The van der Waals surface area contributed by atoms with Crippen molar-refractivity contribution in [3.05, 3.63) is 35.9 Å². The van der Waals surface area contributed by atoms with Gasteiger partial charge in [0, 0.05) is 25.0 Å². The van der Waals surface area contributed by atoms with Crippen LogP contribution < -0.4 is 5.32 Å². The Morgan fingerprint density at radius 1 is 1.33 bits per heavy atom. The van der Waals surface area contributed by atoms with Crippen LogP contribution in [-0.2, 0) is 0 Å². The third-order valence-electron chi connectivity index (χ3n) is 5.62. The summed E-state index contributed by atoms with van der Waals surface area (Å²) >= 11 is 0. The van der Waals surface area contributed by atoms with Gasteiger partial charge in [-0.25, -0.2) is 0 Å². The molecule has 3 rings (SSSR count). The lowest BCUT2D eigenvalue weighted by Gasteiger charge is -2.39. The minimum absolute atomic E-state index is 0.0780. The molecule has 4 nitrogen and oxygen atoms in total. The molecule has 2 unspecified atom stereocenters. The van der Waals surface area contributed by atoms with E-state index >= 15 is 0 Å². The number of hydrogen-bond acceptors (Lipinski definition) is 2. The van der Waals surface area contributed by atoms with Crippen LogP contribution in [0, 0.1) is 11.3 Å². The Hall–Kier alpha value is -1.55. The molecule has 0 aromatic heterocycles. The van der Waals surface area contributed by atoms with Crippen LogP contribution in [0.3, 0.4) is 0 Å².